The van der Waals surface area contributed by atoms with E-state index in [2.05, 4.69) is 110 Å². The van der Waals surface area contributed by atoms with E-state index in [4.69, 9.17) is 24.1 Å². The van der Waals surface area contributed by atoms with Crippen LogP contribution in [0.25, 0.3) is 51.0 Å². The summed E-state index contributed by atoms with van der Waals surface area (Å²) in [6.07, 6.45) is 7.26. The Morgan fingerprint density at radius 1 is 0.560 bits per heavy atom. The molecule has 0 N–H and O–H groups in total. The Balaban J connectivity index is 1.10. The van der Waals surface area contributed by atoms with Crippen LogP contribution in [0.2, 0.25) is 0 Å². The zero-order valence-electron chi connectivity index (χ0n) is 27.4. The zero-order chi connectivity index (χ0) is 33.2. The molecule has 238 valence electrons. The molecule has 0 saturated heterocycles. The van der Waals surface area contributed by atoms with Crippen LogP contribution in [0.4, 0.5) is 0 Å². The van der Waals surface area contributed by atoms with Gasteiger partial charge in [0.25, 0.3) is 0 Å². The summed E-state index contributed by atoms with van der Waals surface area (Å²) >= 11 is 0. The molecule has 0 bridgehead atoms. The van der Waals surface area contributed by atoms with Gasteiger partial charge in [-0.15, -0.1) is 0 Å². The zero-order valence-corrected chi connectivity index (χ0v) is 27.4. The number of allylic oxidation sites excluding steroid dienone is 4. The number of hydrogen-bond acceptors (Lipinski definition) is 5. The smallest absolute Gasteiger partial charge is 0.199 e. The summed E-state index contributed by atoms with van der Waals surface area (Å²) in [5, 5.41) is 0. The van der Waals surface area contributed by atoms with Gasteiger partial charge < -0.3 is 9.15 Å². The van der Waals surface area contributed by atoms with Crippen LogP contribution in [-0.4, -0.2) is 15.0 Å². The maximum absolute atomic E-state index is 6.72. The van der Waals surface area contributed by atoms with Crippen molar-refractivity contribution in [2.45, 2.75) is 18.8 Å². The fourth-order valence-electron chi connectivity index (χ4n) is 7.98. The van der Waals surface area contributed by atoms with E-state index in [-0.39, 0.29) is 0 Å². The van der Waals surface area contributed by atoms with Gasteiger partial charge >= 0.3 is 0 Å². The monoisotopic (exact) mass is 645 g/mol. The molecule has 5 aromatic carbocycles. The Kier molecular flexibility index (Phi) is 6.37. The van der Waals surface area contributed by atoms with Crippen molar-refractivity contribution < 1.29 is 9.15 Å². The van der Waals surface area contributed by atoms with E-state index in [1.54, 1.807) is 0 Å². The molecule has 7 aromatic rings. The molecule has 0 amide bonds. The largest absolute Gasteiger partial charge is 0.457 e. The number of hydrogen-bond donors (Lipinski definition) is 0. The first-order valence-corrected chi connectivity index (χ1v) is 17.1. The van der Waals surface area contributed by atoms with Gasteiger partial charge in [0.1, 0.15) is 17.3 Å². The van der Waals surface area contributed by atoms with Gasteiger partial charge in [0.05, 0.1) is 5.41 Å². The summed E-state index contributed by atoms with van der Waals surface area (Å²) in [5.74, 6) is 5.17. The van der Waals surface area contributed by atoms with E-state index < -0.39 is 5.41 Å². The summed E-state index contributed by atoms with van der Waals surface area (Å²) in [6.45, 7) is 2.20. The number of fused-ring (bicyclic) bond motifs is 9. The molecular formula is C45H31N3O2. The number of rotatable bonds is 4. The topological polar surface area (TPSA) is 61.0 Å². The molecule has 5 nitrogen and oxygen atoms in total. The SMILES string of the molecule is CC1C=CC=C(c2nc(-c3ccccc3)nc(-c3ccc(-c4ccc5c(c4)Oc4ccccc4C54c5ccccc5-c5ccccc54)o3)n2)C1. The number of benzene rings is 5. The molecule has 1 atom stereocenters. The number of para-hydroxylation sites is 1. The lowest BCUT2D eigenvalue weighted by Gasteiger charge is -2.39. The second kappa shape index (κ2) is 11.1. The van der Waals surface area contributed by atoms with Crippen LogP contribution in [0.5, 0.6) is 11.5 Å². The molecule has 0 saturated carbocycles. The number of furan rings is 1. The fraction of sp³-hybridized carbons (Fsp3) is 0.0889. The average molecular weight is 646 g/mol. The summed E-state index contributed by atoms with van der Waals surface area (Å²) in [4.78, 5) is 14.7. The molecule has 5 heteroatoms. The highest BCUT2D eigenvalue weighted by atomic mass is 16.5. The van der Waals surface area contributed by atoms with Gasteiger partial charge in [0, 0.05) is 22.3 Å². The molecule has 3 aliphatic rings. The third-order valence-corrected chi connectivity index (χ3v) is 10.2. The quantitative estimate of drug-likeness (QED) is 0.191. The van der Waals surface area contributed by atoms with Gasteiger partial charge in [-0.2, -0.15) is 0 Å². The van der Waals surface area contributed by atoms with Gasteiger partial charge in [-0.1, -0.05) is 134 Å². The first kappa shape index (κ1) is 28.7. The molecule has 2 aromatic heterocycles. The van der Waals surface area contributed by atoms with E-state index in [9.17, 15) is 0 Å². The molecule has 10 rings (SSSR count). The molecule has 0 radical (unpaired) electrons. The summed E-state index contributed by atoms with van der Waals surface area (Å²) in [5.41, 5.74) is 9.74. The second-order valence-corrected chi connectivity index (χ2v) is 13.2. The highest BCUT2D eigenvalue weighted by Gasteiger charge is 2.50. The number of nitrogens with zero attached hydrogens (tertiary/aromatic N) is 3. The van der Waals surface area contributed by atoms with Crippen molar-refractivity contribution in [1.82, 2.24) is 15.0 Å². The van der Waals surface area contributed by atoms with Gasteiger partial charge in [-0.05, 0) is 64.4 Å². The van der Waals surface area contributed by atoms with E-state index in [0.29, 0.717) is 34.9 Å². The molecular weight excluding hydrogens is 615 g/mol. The van der Waals surface area contributed by atoms with E-state index in [1.165, 1.54) is 22.3 Å². The Labute approximate surface area is 290 Å². The number of aromatic nitrogens is 3. The maximum atomic E-state index is 6.72. The fourth-order valence-corrected chi connectivity index (χ4v) is 7.98. The molecule has 1 spiro atoms. The molecule has 1 aliphatic heterocycles. The van der Waals surface area contributed by atoms with Gasteiger partial charge in [-0.25, -0.2) is 15.0 Å². The van der Waals surface area contributed by atoms with E-state index in [0.717, 1.165) is 45.7 Å². The van der Waals surface area contributed by atoms with Gasteiger partial charge in [0.2, 0.25) is 0 Å². The average Bonchev–Trinajstić information content (AvgIpc) is 3.78. The standard InChI is InChI=1S/C45H31N3O2/c1-28-12-11-15-31(26-28)43-46-42(29-13-3-2-4-14-29)47-44(48-43)40-25-24-38(49-40)30-22-23-37-41(27-30)50-39-21-10-9-20-36(39)45(37)34-18-7-5-16-32(34)33-17-6-8-19-35(33)45/h2-25,27-28H,26H2,1H3. The molecule has 1 unspecified atom stereocenters. The first-order valence-electron chi connectivity index (χ1n) is 17.1. The van der Waals surface area contributed by atoms with Crippen LogP contribution in [0.3, 0.4) is 0 Å². The summed E-state index contributed by atoms with van der Waals surface area (Å²) in [6, 6.07) is 46.4. The van der Waals surface area contributed by atoms with Gasteiger partial charge in [-0.3, -0.25) is 0 Å². The van der Waals surface area contributed by atoms with Crippen molar-refractivity contribution in [3.05, 3.63) is 180 Å². The third-order valence-electron chi connectivity index (χ3n) is 10.2. The molecule has 50 heavy (non-hydrogen) atoms. The highest BCUT2D eigenvalue weighted by molar-refractivity contribution is 5.89. The summed E-state index contributed by atoms with van der Waals surface area (Å²) < 4.78 is 13.3. The van der Waals surface area contributed by atoms with Crippen LogP contribution < -0.4 is 4.74 Å². The minimum Gasteiger partial charge on any atom is -0.457 e. The Hall–Kier alpha value is -6.33. The first-order chi connectivity index (χ1) is 24.7. The van der Waals surface area contributed by atoms with Gasteiger partial charge in [0.15, 0.2) is 23.2 Å². The van der Waals surface area contributed by atoms with E-state index in [1.807, 2.05) is 48.5 Å². The van der Waals surface area contributed by atoms with Crippen LogP contribution in [-0.2, 0) is 5.41 Å². The lowest BCUT2D eigenvalue weighted by molar-refractivity contribution is 0.436. The Morgan fingerprint density at radius 2 is 1.20 bits per heavy atom. The lowest BCUT2D eigenvalue weighted by atomic mass is 9.66. The van der Waals surface area contributed by atoms with Crippen molar-refractivity contribution in [2.75, 3.05) is 0 Å². The van der Waals surface area contributed by atoms with Crippen molar-refractivity contribution in [3.8, 4) is 56.9 Å². The van der Waals surface area contributed by atoms with Crippen LogP contribution >= 0.6 is 0 Å². The summed E-state index contributed by atoms with van der Waals surface area (Å²) in [7, 11) is 0. The predicted molar refractivity (Wildman–Crippen MR) is 197 cm³/mol. The van der Waals surface area contributed by atoms with Crippen LogP contribution in [0.15, 0.2) is 156 Å². The van der Waals surface area contributed by atoms with Crippen LogP contribution in [0.1, 0.15) is 41.4 Å². The van der Waals surface area contributed by atoms with Crippen molar-refractivity contribution in [1.29, 1.82) is 0 Å². The normalized spacial score (nSPS) is 16.2. The maximum Gasteiger partial charge on any atom is 0.199 e. The van der Waals surface area contributed by atoms with Crippen molar-refractivity contribution in [3.63, 3.8) is 0 Å². The van der Waals surface area contributed by atoms with Crippen molar-refractivity contribution in [2.24, 2.45) is 5.92 Å². The third kappa shape index (κ3) is 4.30. The minimum atomic E-state index is -0.500. The minimum absolute atomic E-state index is 0.411. The lowest BCUT2D eigenvalue weighted by Crippen LogP contribution is -2.32. The van der Waals surface area contributed by atoms with E-state index >= 15 is 0 Å². The number of ether oxygens (including phenoxy) is 1. The van der Waals surface area contributed by atoms with Crippen LogP contribution in [0, 0.1) is 5.92 Å². The predicted octanol–water partition coefficient (Wildman–Crippen LogP) is 10.9. The molecule has 3 heterocycles. The molecule has 0 fully saturated rings. The Bertz CT molecular complexity index is 2480. The second-order valence-electron chi connectivity index (χ2n) is 13.2. The van der Waals surface area contributed by atoms with Crippen molar-refractivity contribution >= 4 is 5.57 Å². The Morgan fingerprint density at radius 3 is 1.98 bits per heavy atom. The highest BCUT2D eigenvalue weighted by Crippen LogP contribution is 2.62. The molecule has 2 aliphatic carbocycles.